The first kappa shape index (κ1) is 27.4. The van der Waals surface area contributed by atoms with Crippen LogP contribution in [0.15, 0.2) is 36.4 Å². The summed E-state index contributed by atoms with van der Waals surface area (Å²) in [4.78, 5) is 0. The second-order valence-electron chi connectivity index (χ2n) is 9.40. The average Bonchev–Trinajstić information content (AvgIpc) is 3.31. The summed E-state index contributed by atoms with van der Waals surface area (Å²) >= 11 is 0. The quantitative estimate of drug-likeness (QED) is 0.185. The summed E-state index contributed by atoms with van der Waals surface area (Å²) in [6, 6.07) is 13.0. The molecule has 3 rings (SSSR count). The maximum atomic E-state index is 6.50. The van der Waals surface area contributed by atoms with Crippen LogP contribution in [-0.2, 0) is 12.8 Å². The Morgan fingerprint density at radius 3 is 1.83 bits per heavy atom. The summed E-state index contributed by atoms with van der Waals surface area (Å²) in [5.74, 6) is 1.58. The second-order valence-corrected chi connectivity index (χ2v) is 9.40. The zero-order chi connectivity index (χ0) is 24.9. The van der Waals surface area contributed by atoms with Gasteiger partial charge in [-0.25, -0.2) is 0 Å². The molecule has 0 radical (unpaired) electrons. The van der Waals surface area contributed by atoms with Crippen LogP contribution in [0, 0.1) is 0 Å². The third-order valence-electron chi connectivity index (χ3n) is 6.25. The van der Waals surface area contributed by atoms with Crippen molar-refractivity contribution in [3.63, 3.8) is 0 Å². The zero-order valence-electron chi connectivity index (χ0n) is 20.9. The molecule has 0 aromatic heterocycles. The molecule has 1 aliphatic heterocycles. The molecule has 194 valence electrons. The Bertz CT molecular complexity index is 854. The molecule has 0 bridgehead atoms. The van der Waals surface area contributed by atoms with Gasteiger partial charge in [-0.2, -0.15) is 0 Å². The summed E-state index contributed by atoms with van der Waals surface area (Å²) in [7, 11) is 0. The number of hydrogen-bond donors (Lipinski definition) is 6. The average molecular weight is 485 g/mol. The van der Waals surface area contributed by atoms with Crippen LogP contribution in [0.1, 0.15) is 36.8 Å². The fourth-order valence-corrected chi connectivity index (χ4v) is 4.33. The first-order valence-electron chi connectivity index (χ1n) is 12.9. The van der Waals surface area contributed by atoms with Gasteiger partial charge in [0, 0.05) is 12.1 Å². The Morgan fingerprint density at radius 1 is 0.686 bits per heavy atom. The lowest BCUT2D eigenvalue weighted by Gasteiger charge is -2.17. The van der Waals surface area contributed by atoms with E-state index in [1.165, 1.54) is 11.1 Å². The van der Waals surface area contributed by atoms with Crippen LogP contribution in [0.2, 0.25) is 0 Å². The molecule has 1 aliphatic rings. The summed E-state index contributed by atoms with van der Waals surface area (Å²) in [5, 5.41) is 6.84. The molecular formula is C27H44N6O2. The first-order chi connectivity index (χ1) is 17.1. The highest BCUT2D eigenvalue weighted by Gasteiger charge is 2.16. The topological polar surface area (TPSA) is 147 Å². The third-order valence-corrected chi connectivity index (χ3v) is 6.25. The van der Waals surface area contributed by atoms with E-state index in [1.807, 2.05) is 12.1 Å². The number of ether oxygens (including phenoxy) is 2. The number of fused-ring (bicyclic) bond motifs is 1. The summed E-state index contributed by atoms with van der Waals surface area (Å²) < 4.78 is 11.1. The van der Waals surface area contributed by atoms with Crippen molar-refractivity contribution >= 4 is 0 Å². The van der Waals surface area contributed by atoms with E-state index >= 15 is 0 Å². The SMILES string of the molecule is NCCCNCCC(N)Cc1cc(CC(N)CCNCCCN)cc(-c2ccc3c(c2)OCO3)c1. The summed E-state index contributed by atoms with van der Waals surface area (Å²) in [5.41, 5.74) is 28.8. The highest BCUT2D eigenvalue weighted by Crippen LogP contribution is 2.36. The molecule has 0 amide bonds. The van der Waals surface area contributed by atoms with Gasteiger partial charge >= 0.3 is 0 Å². The zero-order valence-corrected chi connectivity index (χ0v) is 20.9. The van der Waals surface area contributed by atoms with E-state index in [0.29, 0.717) is 13.1 Å². The lowest BCUT2D eigenvalue weighted by molar-refractivity contribution is 0.174. The summed E-state index contributed by atoms with van der Waals surface area (Å²) in [6.07, 6.45) is 5.45. The Labute approximate surface area is 210 Å². The molecule has 1 heterocycles. The molecule has 2 unspecified atom stereocenters. The van der Waals surface area contributed by atoms with Gasteiger partial charge in [0.15, 0.2) is 11.5 Å². The van der Waals surface area contributed by atoms with Crippen LogP contribution in [0.3, 0.4) is 0 Å². The first-order valence-corrected chi connectivity index (χ1v) is 12.9. The largest absolute Gasteiger partial charge is 0.454 e. The van der Waals surface area contributed by atoms with E-state index in [-0.39, 0.29) is 18.9 Å². The normalized spacial score (nSPS) is 14.3. The highest BCUT2D eigenvalue weighted by atomic mass is 16.7. The van der Waals surface area contributed by atoms with Gasteiger partial charge in [0.2, 0.25) is 6.79 Å². The lowest BCUT2D eigenvalue weighted by atomic mass is 9.93. The van der Waals surface area contributed by atoms with Crippen LogP contribution in [0.25, 0.3) is 11.1 Å². The standard InChI is InChI=1S/C27H44N6O2/c28-7-1-9-32-11-5-24(30)16-20-13-21(17-25(31)6-12-33-10-2-8-29)15-23(14-20)22-3-4-26-27(18-22)35-19-34-26/h3-4,13-15,18,24-25,32-33H,1-2,5-12,16-17,19,28-31H2. The van der Waals surface area contributed by atoms with Gasteiger partial charge < -0.3 is 43.0 Å². The van der Waals surface area contributed by atoms with Crippen molar-refractivity contribution in [1.29, 1.82) is 0 Å². The number of rotatable bonds is 17. The number of benzene rings is 2. The fraction of sp³-hybridized carbons (Fsp3) is 0.556. The Balaban J connectivity index is 1.68. The third kappa shape index (κ3) is 9.40. The van der Waals surface area contributed by atoms with Crippen molar-refractivity contribution < 1.29 is 9.47 Å². The Morgan fingerprint density at radius 2 is 1.26 bits per heavy atom. The molecule has 0 fully saturated rings. The predicted octanol–water partition coefficient (Wildman–Crippen LogP) is 1.48. The maximum Gasteiger partial charge on any atom is 0.231 e. The van der Waals surface area contributed by atoms with Crippen molar-refractivity contribution in [2.45, 2.75) is 50.6 Å². The minimum absolute atomic E-state index is 0.0839. The molecule has 2 atom stereocenters. The molecule has 2 aromatic carbocycles. The molecule has 2 aromatic rings. The minimum Gasteiger partial charge on any atom is -0.454 e. The van der Waals surface area contributed by atoms with Crippen LogP contribution < -0.4 is 43.0 Å². The number of hydrogen-bond acceptors (Lipinski definition) is 8. The van der Waals surface area contributed by atoms with Gasteiger partial charge in [-0.1, -0.05) is 24.3 Å². The number of nitrogens with two attached hydrogens (primary N) is 4. The van der Waals surface area contributed by atoms with E-state index in [0.717, 1.165) is 87.3 Å². The van der Waals surface area contributed by atoms with Crippen LogP contribution in [0.5, 0.6) is 11.5 Å². The molecule has 0 saturated heterocycles. The smallest absolute Gasteiger partial charge is 0.231 e. The molecule has 0 spiro atoms. The predicted molar refractivity (Wildman–Crippen MR) is 144 cm³/mol. The minimum atomic E-state index is 0.0839. The summed E-state index contributed by atoms with van der Waals surface area (Å²) in [6.45, 7) is 5.36. The van der Waals surface area contributed by atoms with Gasteiger partial charge in [0.05, 0.1) is 0 Å². The number of nitrogens with one attached hydrogen (secondary N) is 2. The Hall–Kier alpha value is -2.20. The van der Waals surface area contributed by atoms with Crippen LogP contribution >= 0.6 is 0 Å². The van der Waals surface area contributed by atoms with E-state index in [1.54, 1.807) is 0 Å². The van der Waals surface area contributed by atoms with Crippen molar-refractivity contribution in [2.75, 3.05) is 46.1 Å². The monoisotopic (exact) mass is 484 g/mol. The molecule has 10 N–H and O–H groups in total. The van der Waals surface area contributed by atoms with Crippen molar-refractivity contribution in [3.8, 4) is 22.6 Å². The van der Waals surface area contributed by atoms with Gasteiger partial charge in [-0.15, -0.1) is 0 Å². The lowest BCUT2D eigenvalue weighted by Crippen LogP contribution is -2.30. The van der Waals surface area contributed by atoms with Gasteiger partial charge in [-0.05, 0) is 112 Å². The van der Waals surface area contributed by atoms with Crippen LogP contribution in [0.4, 0.5) is 0 Å². The molecule has 35 heavy (non-hydrogen) atoms. The fourth-order valence-electron chi connectivity index (χ4n) is 4.33. The Kier molecular flexibility index (Phi) is 11.8. The maximum absolute atomic E-state index is 6.50. The van der Waals surface area contributed by atoms with Gasteiger partial charge in [-0.3, -0.25) is 0 Å². The van der Waals surface area contributed by atoms with Gasteiger partial charge in [0.25, 0.3) is 0 Å². The van der Waals surface area contributed by atoms with E-state index in [4.69, 9.17) is 32.4 Å². The molecule has 8 nitrogen and oxygen atoms in total. The van der Waals surface area contributed by atoms with E-state index in [2.05, 4.69) is 34.9 Å². The van der Waals surface area contributed by atoms with Crippen molar-refractivity contribution in [3.05, 3.63) is 47.5 Å². The molecule has 0 saturated carbocycles. The van der Waals surface area contributed by atoms with Crippen molar-refractivity contribution in [1.82, 2.24) is 10.6 Å². The second kappa shape index (κ2) is 15.0. The van der Waals surface area contributed by atoms with E-state index < -0.39 is 0 Å². The molecule has 8 heteroatoms. The van der Waals surface area contributed by atoms with Crippen molar-refractivity contribution in [2.24, 2.45) is 22.9 Å². The highest BCUT2D eigenvalue weighted by molar-refractivity contribution is 5.69. The van der Waals surface area contributed by atoms with Crippen LogP contribution in [-0.4, -0.2) is 58.1 Å². The molecular weight excluding hydrogens is 440 g/mol. The van der Waals surface area contributed by atoms with Gasteiger partial charge in [0.1, 0.15) is 0 Å². The van der Waals surface area contributed by atoms with E-state index in [9.17, 15) is 0 Å². The molecule has 0 aliphatic carbocycles.